The standard InChI is InChI=1S/C19H16FN3O2/c1-25-18-11-10-17(22-23-18)13-6-8-14(9-7-13)19(24)21-12-15-4-2-3-5-16(15)20/h2-11H,12H2,1H3,(H,21,24). The molecular formula is C19H16FN3O2. The van der Waals surface area contributed by atoms with Gasteiger partial charge in [-0.2, -0.15) is 0 Å². The summed E-state index contributed by atoms with van der Waals surface area (Å²) in [5, 5.41) is 10.7. The number of amides is 1. The maximum absolute atomic E-state index is 13.6. The summed E-state index contributed by atoms with van der Waals surface area (Å²) in [6, 6.07) is 16.8. The summed E-state index contributed by atoms with van der Waals surface area (Å²) >= 11 is 0. The summed E-state index contributed by atoms with van der Waals surface area (Å²) in [6.45, 7) is 0.136. The highest BCUT2D eigenvalue weighted by Crippen LogP contribution is 2.18. The number of benzene rings is 2. The van der Waals surface area contributed by atoms with Crippen LogP contribution in [0.25, 0.3) is 11.3 Å². The number of hydrogen-bond donors (Lipinski definition) is 1. The molecule has 0 radical (unpaired) electrons. The Morgan fingerprint density at radius 1 is 1.04 bits per heavy atom. The molecule has 2 aromatic carbocycles. The number of carbonyl (C=O) groups excluding carboxylic acids is 1. The first kappa shape index (κ1) is 16.6. The minimum Gasteiger partial charge on any atom is -0.480 e. The monoisotopic (exact) mass is 337 g/mol. The zero-order valence-electron chi connectivity index (χ0n) is 13.6. The van der Waals surface area contributed by atoms with Crippen molar-refractivity contribution in [3.8, 4) is 17.1 Å². The molecule has 0 saturated heterocycles. The second-order valence-corrected chi connectivity index (χ2v) is 5.31. The number of nitrogens with one attached hydrogen (secondary N) is 1. The van der Waals surface area contributed by atoms with Crippen LogP contribution in [0.3, 0.4) is 0 Å². The normalized spacial score (nSPS) is 10.3. The Morgan fingerprint density at radius 2 is 1.80 bits per heavy atom. The number of methoxy groups -OCH3 is 1. The molecule has 0 unspecified atom stereocenters. The van der Waals surface area contributed by atoms with E-state index in [0.717, 1.165) is 5.56 Å². The Balaban J connectivity index is 1.67. The summed E-state index contributed by atoms with van der Waals surface area (Å²) in [5.41, 5.74) is 2.45. The van der Waals surface area contributed by atoms with Crippen LogP contribution in [0.4, 0.5) is 4.39 Å². The van der Waals surface area contributed by atoms with Gasteiger partial charge in [-0.05, 0) is 24.3 Å². The average molecular weight is 337 g/mol. The van der Waals surface area contributed by atoms with Gasteiger partial charge in [0.25, 0.3) is 5.91 Å². The maximum Gasteiger partial charge on any atom is 0.251 e. The topological polar surface area (TPSA) is 64.1 Å². The first-order chi connectivity index (χ1) is 12.2. The molecule has 25 heavy (non-hydrogen) atoms. The van der Waals surface area contributed by atoms with Crippen molar-refractivity contribution in [3.05, 3.63) is 77.6 Å². The molecule has 0 atom stereocenters. The number of ether oxygens (including phenoxy) is 1. The Bertz CT molecular complexity index is 865. The van der Waals surface area contributed by atoms with Crippen molar-refractivity contribution in [2.75, 3.05) is 7.11 Å². The van der Waals surface area contributed by atoms with Crippen LogP contribution >= 0.6 is 0 Å². The van der Waals surface area contributed by atoms with Crippen LogP contribution in [0.2, 0.25) is 0 Å². The van der Waals surface area contributed by atoms with E-state index in [9.17, 15) is 9.18 Å². The Morgan fingerprint density at radius 3 is 2.44 bits per heavy atom. The van der Waals surface area contributed by atoms with E-state index in [1.54, 1.807) is 54.6 Å². The summed E-state index contributed by atoms with van der Waals surface area (Å²) in [7, 11) is 1.53. The molecule has 1 aromatic heterocycles. The van der Waals surface area contributed by atoms with Gasteiger partial charge in [0.15, 0.2) is 0 Å². The lowest BCUT2D eigenvalue weighted by Crippen LogP contribution is -2.23. The van der Waals surface area contributed by atoms with Crippen LogP contribution in [0.5, 0.6) is 5.88 Å². The van der Waals surface area contributed by atoms with Crippen molar-refractivity contribution in [2.45, 2.75) is 6.54 Å². The van der Waals surface area contributed by atoms with Gasteiger partial charge >= 0.3 is 0 Å². The molecule has 0 fully saturated rings. The van der Waals surface area contributed by atoms with E-state index >= 15 is 0 Å². The van der Waals surface area contributed by atoms with Crippen LogP contribution < -0.4 is 10.1 Å². The number of rotatable bonds is 5. The molecule has 0 aliphatic rings. The minimum atomic E-state index is -0.337. The molecule has 0 spiro atoms. The third kappa shape index (κ3) is 3.98. The van der Waals surface area contributed by atoms with E-state index in [-0.39, 0.29) is 18.3 Å². The van der Waals surface area contributed by atoms with E-state index in [1.807, 2.05) is 0 Å². The molecular weight excluding hydrogens is 321 g/mol. The van der Waals surface area contributed by atoms with Gasteiger partial charge in [0.05, 0.1) is 12.8 Å². The van der Waals surface area contributed by atoms with Gasteiger partial charge in [0.2, 0.25) is 5.88 Å². The van der Waals surface area contributed by atoms with Crippen molar-refractivity contribution in [1.29, 1.82) is 0 Å². The summed E-state index contributed by atoms with van der Waals surface area (Å²) in [5.74, 6) is -0.167. The number of aromatic nitrogens is 2. The predicted octanol–water partition coefficient (Wildman–Crippen LogP) is 3.22. The van der Waals surface area contributed by atoms with Gasteiger partial charge < -0.3 is 10.1 Å². The fourth-order valence-electron chi connectivity index (χ4n) is 2.29. The smallest absolute Gasteiger partial charge is 0.251 e. The molecule has 6 heteroatoms. The van der Waals surface area contributed by atoms with Crippen LogP contribution in [0, 0.1) is 5.82 Å². The van der Waals surface area contributed by atoms with E-state index in [4.69, 9.17) is 4.74 Å². The molecule has 3 rings (SSSR count). The first-order valence-electron chi connectivity index (χ1n) is 7.67. The molecule has 3 aromatic rings. The highest BCUT2D eigenvalue weighted by atomic mass is 19.1. The Labute approximate surface area is 144 Å². The Kier molecular flexibility index (Phi) is 4.99. The average Bonchev–Trinajstić information content (AvgIpc) is 2.67. The second kappa shape index (κ2) is 7.53. The number of halogens is 1. The number of hydrogen-bond acceptors (Lipinski definition) is 4. The van der Waals surface area contributed by atoms with Crippen LogP contribution in [-0.4, -0.2) is 23.2 Å². The van der Waals surface area contributed by atoms with Gasteiger partial charge in [-0.3, -0.25) is 4.79 Å². The lowest BCUT2D eigenvalue weighted by atomic mass is 10.1. The highest BCUT2D eigenvalue weighted by Gasteiger charge is 2.08. The Hall–Kier alpha value is -3.28. The molecule has 5 nitrogen and oxygen atoms in total. The van der Waals surface area contributed by atoms with E-state index in [2.05, 4.69) is 15.5 Å². The molecule has 0 aliphatic heterocycles. The summed E-state index contributed by atoms with van der Waals surface area (Å²) in [6.07, 6.45) is 0. The van der Waals surface area contributed by atoms with E-state index in [1.165, 1.54) is 13.2 Å². The summed E-state index contributed by atoms with van der Waals surface area (Å²) < 4.78 is 18.5. The molecule has 1 heterocycles. The van der Waals surface area contributed by atoms with Crippen LogP contribution in [0.15, 0.2) is 60.7 Å². The quantitative estimate of drug-likeness (QED) is 0.776. The van der Waals surface area contributed by atoms with Crippen molar-refractivity contribution in [3.63, 3.8) is 0 Å². The fraction of sp³-hybridized carbons (Fsp3) is 0.105. The SMILES string of the molecule is COc1ccc(-c2ccc(C(=O)NCc3ccccc3F)cc2)nn1. The molecule has 0 aliphatic carbocycles. The van der Waals surface area contributed by atoms with E-state index < -0.39 is 0 Å². The zero-order valence-corrected chi connectivity index (χ0v) is 13.6. The predicted molar refractivity (Wildman–Crippen MR) is 91.6 cm³/mol. The van der Waals surface area contributed by atoms with Gasteiger partial charge in [-0.1, -0.05) is 30.3 Å². The van der Waals surface area contributed by atoms with Gasteiger partial charge in [0, 0.05) is 29.3 Å². The van der Waals surface area contributed by atoms with E-state index in [0.29, 0.717) is 22.7 Å². The lowest BCUT2D eigenvalue weighted by Gasteiger charge is -2.07. The number of nitrogens with zero attached hydrogens (tertiary/aromatic N) is 2. The van der Waals surface area contributed by atoms with Gasteiger partial charge in [0.1, 0.15) is 5.82 Å². The number of carbonyl (C=O) groups is 1. The molecule has 126 valence electrons. The zero-order chi connectivity index (χ0) is 17.6. The van der Waals surface area contributed by atoms with Gasteiger partial charge in [-0.15, -0.1) is 10.2 Å². The largest absolute Gasteiger partial charge is 0.480 e. The molecule has 0 saturated carbocycles. The van der Waals surface area contributed by atoms with Crippen molar-refractivity contribution in [2.24, 2.45) is 0 Å². The highest BCUT2D eigenvalue weighted by molar-refractivity contribution is 5.94. The third-order valence-electron chi connectivity index (χ3n) is 3.69. The molecule has 1 N–H and O–H groups in total. The first-order valence-corrected chi connectivity index (χ1v) is 7.67. The maximum atomic E-state index is 13.6. The fourth-order valence-corrected chi connectivity index (χ4v) is 2.29. The lowest BCUT2D eigenvalue weighted by molar-refractivity contribution is 0.0950. The molecule has 1 amide bonds. The van der Waals surface area contributed by atoms with Crippen molar-refractivity contribution in [1.82, 2.24) is 15.5 Å². The van der Waals surface area contributed by atoms with Crippen LogP contribution in [0.1, 0.15) is 15.9 Å². The third-order valence-corrected chi connectivity index (χ3v) is 3.69. The summed E-state index contributed by atoms with van der Waals surface area (Å²) in [4.78, 5) is 12.2. The van der Waals surface area contributed by atoms with Gasteiger partial charge in [-0.25, -0.2) is 4.39 Å². The molecule has 0 bridgehead atoms. The van der Waals surface area contributed by atoms with Crippen molar-refractivity contribution >= 4 is 5.91 Å². The van der Waals surface area contributed by atoms with Crippen LogP contribution in [-0.2, 0) is 6.54 Å². The second-order valence-electron chi connectivity index (χ2n) is 5.31. The van der Waals surface area contributed by atoms with Crippen molar-refractivity contribution < 1.29 is 13.9 Å². The minimum absolute atomic E-state index is 0.136.